The van der Waals surface area contributed by atoms with Crippen molar-refractivity contribution in [3.63, 3.8) is 0 Å². The van der Waals surface area contributed by atoms with E-state index in [0.717, 1.165) is 0 Å². The summed E-state index contributed by atoms with van der Waals surface area (Å²) in [6.45, 7) is 0. The Morgan fingerprint density at radius 3 is 2.67 bits per heavy atom. The zero-order valence-electron chi connectivity index (χ0n) is 7.94. The summed E-state index contributed by atoms with van der Waals surface area (Å²) in [7, 11) is 0. The van der Waals surface area contributed by atoms with Crippen molar-refractivity contribution < 1.29 is 4.39 Å². The van der Waals surface area contributed by atoms with Gasteiger partial charge in [-0.05, 0) is 12.1 Å². The maximum atomic E-state index is 13.5. The van der Waals surface area contributed by atoms with E-state index in [2.05, 4.69) is 10.9 Å². The van der Waals surface area contributed by atoms with Crippen molar-refractivity contribution in [2.75, 3.05) is 0 Å². The van der Waals surface area contributed by atoms with Crippen LogP contribution in [0.2, 0.25) is 0 Å². The highest BCUT2D eigenvalue weighted by Crippen LogP contribution is 2.24. The summed E-state index contributed by atoms with van der Waals surface area (Å²) in [4.78, 5) is 3.91. The largest absolute Gasteiger partial charge is 0.263 e. The molecule has 0 aliphatic carbocycles. The van der Waals surface area contributed by atoms with Crippen LogP contribution in [0.4, 0.5) is 4.39 Å². The lowest BCUT2D eigenvalue weighted by molar-refractivity contribution is 0.631. The highest BCUT2D eigenvalue weighted by atomic mass is 19.1. The molecule has 0 saturated heterocycles. The van der Waals surface area contributed by atoms with Gasteiger partial charge in [-0.2, -0.15) is 0 Å². The summed E-state index contributed by atoms with van der Waals surface area (Å²) in [5.41, 5.74) is 1.81. The molecule has 2 rings (SSSR count). The van der Waals surface area contributed by atoms with Crippen molar-refractivity contribution in [3.8, 4) is 23.5 Å². The molecule has 0 radical (unpaired) electrons. The van der Waals surface area contributed by atoms with Gasteiger partial charge < -0.3 is 0 Å². The molecule has 0 fully saturated rings. The van der Waals surface area contributed by atoms with Crippen molar-refractivity contribution in [1.29, 1.82) is 0 Å². The van der Waals surface area contributed by atoms with Crippen LogP contribution in [0.15, 0.2) is 42.7 Å². The van der Waals surface area contributed by atoms with E-state index in [1.54, 1.807) is 36.7 Å². The molecule has 0 amide bonds. The normalized spacial score (nSPS) is 9.60. The van der Waals surface area contributed by atoms with Gasteiger partial charge in [0, 0.05) is 23.5 Å². The molecule has 0 bridgehead atoms. The number of nitrogens with zero attached hydrogens (tertiary/aromatic N) is 1. The standard InChI is InChI=1S/C13H8FN/c1-2-10-9-15-8-7-11(10)12-5-3-4-6-13(12)14/h1,3-9H. The van der Waals surface area contributed by atoms with E-state index in [0.29, 0.717) is 16.7 Å². The molecule has 2 aromatic rings. The molecule has 0 unspecified atom stereocenters. The molecule has 1 aromatic carbocycles. The fraction of sp³-hybridized carbons (Fsp3) is 0. The SMILES string of the molecule is C#Cc1cnccc1-c1ccccc1F. The zero-order valence-corrected chi connectivity index (χ0v) is 7.94. The Morgan fingerprint density at radius 1 is 1.13 bits per heavy atom. The molecule has 0 N–H and O–H groups in total. The Morgan fingerprint density at radius 2 is 1.93 bits per heavy atom. The molecule has 0 aliphatic heterocycles. The number of benzene rings is 1. The number of aromatic nitrogens is 1. The minimum absolute atomic E-state index is 0.278. The van der Waals surface area contributed by atoms with E-state index in [4.69, 9.17) is 6.42 Å². The summed E-state index contributed by atoms with van der Waals surface area (Å²) in [6.07, 6.45) is 8.48. The van der Waals surface area contributed by atoms with Crippen molar-refractivity contribution in [2.24, 2.45) is 0 Å². The summed E-state index contributed by atoms with van der Waals surface area (Å²) in [6, 6.07) is 8.25. The van der Waals surface area contributed by atoms with Crippen LogP contribution in [-0.4, -0.2) is 4.98 Å². The summed E-state index contributed by atoms with van der Waals surface area (Å²) < 4.78 is 13.5. The Hall–Kier alpha value is -2.14. The number of pyridine rings is 1. The molecule has 0 atom stereocenters. The van der Waals surface area contributed by atoms with Gasteiger partial charge >= 0.3 is 0 Å². The highest BCUT2D eigenvalue weighted by Gasteiger charge is 2.07. The fourth-order valence-corrected chi connectivity index (χ4v) is 1.42. The zero-order chi connectivity index (χ0) is 10.7. The average Bonchev–Trinajstić information content (AvgIpc) is 2.30. The van der Waals surface area contributed by atoms with Crippen LogP contribution >= 0.6 is 0 Å². The molecule has 0 aliphatic rings. The third-order valence-corrected chi connectivity index (χ3v) is 2.14. The van der Waals surface area contributed by atoms with Crippen LogP contribution in [0.1, 0.15) is 5.56 Å². The fourth-order valence-electron chi connectivity index (χ4n) is 1.42. The van der Waals surface area contributed by atoms with Gasteiger partial charge in [0.25, 0.3) is 0 Å². The van der Waals surface area contributed by atoms with Crippen molar-refractivity contribution in [1.82, 2.24) is 4.98 Å². The van der Waals surface area contributed by atoms with Crippen LogP contribution < -0.4 is 0 Å². The van der Waals surface area contributed by atoms with Crippen LogP contribution in [0.25, 0.3) is 11.1 Å². The van der Waals surface area contributed by atoms with E-state index in [1.807, 2.05) is 0 Å². The second-order valence-corrected chi connectivity index (χ2v) is 3.05. The topological polar surface area (TPSA) is 12.9 Å². The smallest absolute Gasteiger partial charge is 0.131 e. The summed E-state index contributed by atoms with van der Waals surface area (Å²) >= 11 is 0. The first-order chi connectivity index (χ1) is 7.33. The number of hydrogen-bond acceptors (Lipinski definition) is 1. The van der Waals surface area contributed by atoms with Crippen LogP contribution in [0, 0.1) is 18.2 Å². The van der Waals surface area contributed by atoms with E-state index in [1.165, 1.54) is 6.07 Å². The third-order valence-electron chi connectivity index (χ3n) is 2.14. The molecule has 1 heterocycles. The molecule has 1 aromatic heterocycles. The minimum atomic E-state index is -0.278. The predicted octanol–water partition coefficient (Wildman–Crippen LogP) is 2.87. The second-order valence-electron chi connectivity index (χ2n) is 3.05. The predicted molar refractivity (Wildman–Crippen MR) is 57.6 cm³/mol. The number of rotatable bonds is 1. The number of halogens is 1. The number of terminal acetylenes is 1. The van der Waals surface area contributed by atoms with Crippen molar-refractivity contribution in [3.05, 3.63) is 54.1 Å². The lowest BCUT2D eigenvalue weighted by Crippen LogP contribution is -1.88. The monoisotopic (exact) mass is 197 g/mol. The van der Waals surface area contributed by atoms with E-state index >= 15 is 0 Å². The first kappa shape index (κ1) is 9.42. The minimum Gasteiger partial charge on any atom is -0.263 e. The maximum Gasteiger partial charge on any atom is 0.131 e. The van der Waals surface area contributed by atoms with Crippen LogP contribution in [0.5, 0.6) is 0 Å². The molecule has 15 heavy (non-hydrogen) atoms. The van der Waals surface area contributed by atoms with E-state index < -0.39 is 0 Å². The van der Waals surface area contributed by atoms with Crippen LogP contribution in [0.3, 0.4) is 0 Å². The molecule has 0 saturated carbocycles. The Labute approximate surface area is 87.6 Å². The molecular weight excluding hydrogens is 189 g/mol. The van der Waals surface area contributed by atoms with Gasteiger partial charge in [0.1, 0.15) is 5.82 Å². The second kappa shape index (κ2) is 3.93. The third kappa shape index (κ3) is 1.72. The molecule has 2 heteroatoms. The lowest BCUT2D eigenvalue weighted by atomic mass is 10.0. The van der Waals surface area contributed by atoms with E-state index in [9.17, 15) is 4.39 Å². The van der Waals surface area contributed by atoms with Gasteiger partial charge in [0.2, 0.25) is 0 Å². The molecule has 1 nitrogen and oxygen atoms in total. The Balaban J connectivity index is 2.65. The molecular formula is C13H8FN. The maximum absolute atomic E-state index is 13.5. The van der Waals surface area contributed by atoms with E-state index in [-0.39, 0.29) is 5.82 Å². The van der Waals surface area contributed by atoms with Gasteiger partial charge in [-0.15, -0.1) is 6.42 Å². The first-order valence-corrected chi connectivity index (χ1v) is 4.48. The summed E-state index contributed by atoms with van der Waals surface area (Å²) in [5, 5.41) is 0. The average molecular weight is 197 g/mol. The number of hydrogen-bond donors (Lipinski definition) is 0. The Bertz CT molecular complexity index is 526. The van der Waals surface area contributed by atoms with Gasteiger partial charge in [0.15, 0.2) is 0 Å². The van der Waals surface area contributed by atoms with Crippen molar-refractivity contribution in [2.45, 2.75) is 0 Å². The molecule has 0 spiro atoms. The Kier molecular flexibility index (Phi) is 2.47. The van der Waals surface area contributed by atoms with Gasteiger partial charge in [-0.25, -0.2) is 4.39 Å². The molecule has 72 valence electrons. The lowest BCUT2D eigenvalue weighted by Gasteiger charge is -2.04. The quantitative estimate of drug-likeness (QED) is 0.640. The highest BCUT2D eigenvalue weighted by molar-refractivity contribution is 5.70. The van der Waals surface area contributed by atoms with Gasteiger partial charge in [0.05, 0.1) is 5.56 Å². The van der Waals surface area contributed by atoms with Crippen LogP contribution in [-0.2, 0) is 0 Å². The van der Waals surface area contributed by atoms with Gasteiger partial charge in [-0.3, -0.25) is 4.98 Å². The first-order valence-electron chi connectivity index (χ1n) is 4.48. The van der Waals surface area contributed by atoms with Crippen molar-refractivity contribution >= 4 is 0 Å². The van der Waals surface area contributed by atoms with Gasteiger partial charge in [-0.1, -0.05) is 24.1 Å². The summed E-state index contributed by atoms with van der Waals surface area (Å²) in [5.74, 6) is 2.21.